The van der Waals surface area contributed by atoms with E-state index in [-0.39, 0.29) is 11.6 Å². The first-order chi connectivity index (χ1) is 9.63. The van der Waals surface area contributed by atoms with Gasteiger partial charge in [0.2, 0.25) is 5.91 Å². The number of benzene rings is 1. The van der Waals surface area contributed by atoms with Crippen molar-refractivity contribution < 1.29 is 9.21 Å². The number of fused-ring (bicyclic) bond motifs is 1. The first-order valence-corrected chi connectivity index (χ1v) is 6.12. The minimum atomic E-state index is -0.554. The van der Waals surface area contributed by atoms with Crippen LogP contribution in [0.4, 0.5) is 5.69 Å². The summed E-state index contributed by atoms with van der Waals surface area (Å²) in [6, 6.07) is 11.0. The van der Waals surface area contributed by atoms with E-state index in [0.717, 1.165) is 11.1 Å². The molecule has 0 saturated carbocycles. The van der Waals surface area contributed by atoms with Gasteiger partial charge in [0.05, 0.1) is 0 Å². The highest BCUT2D eigenvalue weighted by Crippen LogP contribution is 2.20. The predicted molar refractivity (Wildman–Crippen MR) is 76.1 cm³/mol. The zero-order valence-electron chi connectivity index (χ0n) is 10.8. The average molecular weight is 268 g/mol. The van der Waals surface area contributed by atoms with Crippen LogP contribution in [0.5, 0.6) is 0 Å². The van der Waals surface area contributed by atoms with E-state index in [4.69, 9.17) is 4.42 Å². The average Bonchev–Trinajstić information content (AvgIpc) is 2.92. The second-order valence-electron chi connectivity index (χ2n) is 4.44. The molecule has 2 heterocycles. The van der Waals surface area contributed by atoms with E-state index in [0.29, 0.717) is 5.58 Å². The lowest BCUT2D eigenvalue weighted by Gasteiger charge is -2.06. The number of nitrogens with one attached hydrogen (secondary N) is 1. The van der Waals surface area contributed by atoms with Crippen LogP contribution in [-0.4, -0.2) is 10.5 Å². The van der Waals surface area contributed by atoms with E-state index in [1.54, 1.807) is 12.1 Å². The molecule has 0 fully saturated rings. The van der Waals surface area contributed by atoms with Gasteiger partial charge in [-0.1, -0.05) is 0 Å². The summed E-state index contributed by atoms with van der Waals surface area (Å²) >= 11 is 0. The third kappa shape index (κ3) is 2.21. The third-order valence-electron chi connectivity index (χ3n) is 2.93. The predicted octanol–water partition coefficient (Wildman–Crippen LogP) is 2.54. The number of amides is 1. The van der Waals surface area contributed by atoms with Crippen molar-refractivity contribution >= 4 is 22.6 Å². The number of hydrogen-bond acceptors (Lipinski definition) is 3. The topological polar surface area (TPSA) is 64.2 Å². The Hall–Kier alpha value is -2.82. The molecule has 5 nitrogen and oxygen atoms in total. The molecule has 0 saturated heterocycles. The SMILES string of the molecule is CC(=O)Nc1cc2cc(-n3cccc3)ccc2oc1=O. The minimum absolute atomic E-state index is 0.148. The van der Waals surface area contributed by atoms with Gasteiger partial charge in [-0.05, 0) is 36.4 Å². The van der Waals surface area contributed by atoms with Crippen molar-refractivity contribution in [2.75, 3.05) is 5.32 Å². The Morgan fingerprint density at radius 1 is 1.20 bits per heavy atom. The van der Waals surface area contributed by atoms with E-state index < -0.39 is 5.63 Å². The molecule has 5 heteroatoms. The smallest absolute Gasteiger partial charge is 0.360 e. The molecular weight excluding hydrogens is 256 g/mol. The lowest BCUT2D eigenvalue weighted by Crippen LogP contribution is -2.14. The Morgan fingerprint density at radius 3 is 2.65 bits per heavy atom. The maximum atomic E-state index is 11.7. The van der Waals surface area contributed by atoms with Crippen molar-refractivity contribution in [3.63, 3.8) is 0 Å². The van der Waals surface area contributed by atoms with Crippen molar-refractivity contribution in [1.29, 1.82) is 0 Å². The Bertz CT molecular complexity index is 832. The third-order valence-corrected chi connectivity index (χ3v) is 2.93. The fraction of sp³-hybridized carbons (Fsp3) is 0.0667. The molecule has 0 atom stereocenters. The van der Waals surface area contributed by atoms with Gasteiger partial charge in [0.1, 0.15) is 11.3 Å². The highest BCUT2D eigenvalue weighted by Gasteiger charge is 2.07. The molecule has 0 aliphatic carbocycles. The molecule has 0 unspecified atom stereocenters. The Kier molecular flexibility index (Phi) is 2.87. The summed E-state index contributed by atoms with van der Waals surface area (Å²) in [4.78, 5) is 22.8. The second-order valence-corrected chi connectivity index (χ2v) is 4.44. The highest BCUT2D eigenvalue weighted by molar-refractivity contribution is 5.91. The van der Waals surface area contributed by atoms with Crippen LogP contribution >= 0.6 is 0 Å². The lowest BCUT2D eigenvalue weighted by atomic mass is 10.2. The van der Waals surface area contributed by atoms with Gasteiger partial charge >= 0.3 is 5.63 Å². The summed E-state index contributed by atoms with van der Waals surface area (Å²) in [6.07, 6.45) is 3.85. The molecule has 1 aromatic carbocycles. The van der Waals surface area contributed by atoms with Crippen molar-refractivity contribution in [3.05, 3.63) is 59.2 Å². The van der Waals surface area contributed by atoms with Crippen molar-refractivity contribution in [2.45, 2.75) is 6.92 Å². The van der Waals surface area contributed by atoms with Gasteiger partial charge in [0.15, 0.2) is 0 Å². The van der Waals surface area contributed by atoms with E-state index in [1.807, 2.05) is 41.2 Å². The number of nitrogens with zero attached hydrogens (tertiary/aromatic N) is 1. The molecule has 0 spiro atoms. The molecule has 2 aromatic heterocycles. The summed E-state index contributed by atoms with van der Waals surface area (Å²) in [5.41, 5.74) is 1.03. The summed E-state index contributed by atoms with van der Waals surface area (Å²) in [7, 11) is 0. The van der Waals surface area contributed by atoms with Crippen LogP contribution < -0.4 is 10.9 Å². The zero-order chi connectivity index (χ0) is 14.1. The van der Waals surface area contributed by atoms with Gasteiger partial charge < -0.3 is 14.3 Å². The van der Waals surface area contributed by atoms with E-state index in [1.165, 1.54) is 6.92 Å². The first-order valence-electron chi connectivity index (χ1n) is 6.12. The van der Waals surface area contributed by atoms with Crippen molar-refractivity contribution in [3.8, 4) is 5.69 Å². The van der Waals surface area contributed by atoms with Gasteiger partial charge in [0.25, 0.3) is 0 Å². The molecule has 0 aliphatic heterocycles. The number of carbonyl (C=O) groups is 1. The van der Waals surface area contributed by atoms with Gasteiger partial charge in [-0.25, -0.2) is 4.79 Å². The fourth-order valence-corrected chi connectivity index (χ4v) is 2.05. The van der Waals surface area contributed by atoms with Gasteiger partial charge in [-0.3, -0.25) is 4.79 Å². The van der Waals surface area contributed by atoms with Crippen LogP contribution in [0.2, 0.25) is 0 Å². The molecule has 3 aromatic rings. The number of hydrogen-bond donors (Lipinski definition) is 1. The molecule has 1 amide bonds. The second kappa shape index (κ2) is 4.70. The van der Waals surface area contributed by atoms with E-state index >= 15 is 0 Å². The summed E-state index contributed by atoms with van der Waals surface area (Å²) in [5, 5.41) is 3.22. The molecule has 0 radical (unpaired) electrons. The van der Waals surface area contributed by atoms with E-state index in [2.05, 4.69) is 5.32 Å². The zero-order valence-corrected chi connectivity index (χ0v) is 10.8. The first kappa shape index (κ1) is 12.2. The number of carbonyl (C=O) groups excluding carboxylic acids is 1. The number of aromatic nitrogens is 1. The Morgan fingerprint density at radius 2 is 1.95 bits per heavy atom. The molecule has 1 N–H and O–H groups in total. The molecule has 0 aliphatic rings. The van der Waals surface area contributed by atoms with Crippen LogP contribution in [-0.2, 0) is 4.79 Å². The Balaban J connectivity index is 2.15. The normalized spacial score (nSPS) is 10.7. The van der Waals surface area contributed by atoms with Crippen LogP contribution in [0.15, 0.2) is 58.0 Å². The Labute approximate surface area is 114 Å². The maximum Gasteiger partial charge on any atom is 0.360 e. The van der Waals surface area contributed by atoms with Gasteiger partial charge in [-0.2, -0.15) is 0 Å². The van der Waals surface area contributed by atoms with Crippen LogP contribution in [0.25, 0.3) is 16.7 Å². The number of anilines is 1. The summed E-state index contributed by atoms with van der Waals surface area (Å²) in [6.45, 7) is 1.35. The monoisotopic (exact) mass is 268 g/mol. The van der Waals surface area contributed by atoms with Crippen molar-refractivity contribution in [2.24, 2.45) is 0 Å². The minimum Gasteiger partial charge on any atom is -0.421 e. The molecular formula is C15H12N2O3. The van der Waals surface area contributed by atoms with Crippen LogP contribution in [0, 0.1) is 0 Å². The van der Waals surface area contributed by atoms with Crippen molar-refractivity contribution in [1.82, 2.24) is 4.57 Å². The molecule has 20 heavy (non-hydrogen) atoms. The fourth-order valence-electron chi connectivity index (χ4n) is 2.05. The van der Waals surface area contributed by atoms with Crippen LogP contribution in [0.3, 0.4) is 0 Å². The lowest BCUT2D eigenvalue weighted by molar-refractivity contribution is -0.114. The maximum absolute atomic E-state index is 11.7. The standard InChI is InChI=1S/C15H12N2O3/c1-10(18)16-13-9-11-8-12(17-6-2-3-7-17)4-5-14(11)20-15(13)19/h2-9H,1H3,(H,16,18). The summed E-state index contributed by atoms with van der Waals surface area (Å²) in [5.74, 6) is -0.307. The highest BCUT2D eigenvalue weighted by atomic mass is 16.4. The van der Waals surface area contributed by atoms with E-state index in [9.17, 15) is 9.59 Å². The molecule has 3 rings (SSSR count). The quantitative estimate of drug-likeness (QED) is 0.726. The van der Waals surface area contributed by atoms with Gasteiger partial charge in [-0.15, -0.1) is 0 Å². The summed E-state index contributed by atoms with van der Waals surface area (Å²) < 4.78 is 7.13. The largest absolute Gasteiger partial charge is 0.421 e. The number of rotatable bonds is 2. The molecule has 0 bridgehead atoms. The van der Waals surface area contributed by atoms with Crippen LogP contribution in [0.1, 0.15) is 6.92 Å². The van der Waals surface area contributed by atoms with Gasteiger partial charge in [0, 0.05) is 30.4 Å². The molecule has 100 valence electrons.